The van der Waals surface area contributed by atoms with E-state index < -0.39 is 28.5 Å². The van der Waals surface area contributed by atoms with Gasteiger partial charge in [-0.05, 0) is 86.5 Å². The van der Waals surface area contributed by atoms with Gasteiger partial charge in [0.2, 0.25) is 11.8 Å². The third-order valence-electron chi connectivity index (χ3n) is 6.10. The van der Waals surface area contributed by atoms with Crippen molar-refractivity contribution in [3.8, 4) is 5.75 Å². The zero-order valence-corrected chi connectivity index (χ0v) is 25.8. The lowest BCUT2D eigenvalue weighted by Gasteiger charge is -2.32. The number of halogens is 2. The zero-order valence-electron chi connectivity index (χ0n) is 22.6. The lowest BCUT2D eigenvalue weighted by atomic mass is 10.1. The Morgan fingerprint density at radius 1 is 0.975 bits per heavy atom. The van der Waals surface area contributed by atoms with Crippen molar-refractivity contribution in [2.45, 2.75) is 44.7 Å². The van der Waals surface area contributed by atoms with E-state index in [0.717, 1.165) is 20.8 Å². The molecule has 0 radical (unpaired) electrons. The van der Waals surface area contributed by atoms with Crippen molar-refractivity contribution in [1.29, 1.82) is 0 Å². The molecule has 3 rings (SSSR count). The van der Waals surface area contributed by atoms with E-state index in [1.165, 1.54) is 29.2 Å². The van der Waals surface area contributed by atoms with E-state index in [-0.39, 0.29) is 23.0 Å². The molecule has 214 valence electrons. The number of amides is 2. The number of carbonyl (C=O) groups excluding carboxylic acids is 2. The highest BCUT2D eigenvalue weighted by atomic mass is 79.9. The van der Waals surface area contributed by atoms with Crippen molar-refractivity contribution in [2.24, 2.45) is 0 Å². The van der Waals surface area contributed by atoms with Gasteiger partial charge in [-0.1, -0.05) is 46.6 Å². The Labute approximate surface area is 249 Å². The molecule has 0 aliphatic heterocycles. The van der Waals surface area contributed by atoms with Crippen LogP contribution in [-0.4, -0.2) is 50.9 Å². The molecule has 0 fully saturated rings. The van der Waals surface area contributed by atoms with Crippen LogP contribution in [0.5, 0.6) is 5.75 Å². The Hall–Kier alpha value is -3.08. The largest absolute Gasteiger partial charge is 0.494 e. The summed E-state index contributed by atoms with van der Waals surface area (Å²) in [5.41, 5.74) is 1.07. The predicted molar refractivity (Wildman–Crippen MR) is 161 cm³/mol. The average molecular weight is 651 g/mol. The molecule has 0 aliphatic carbocycles. The van der Waals surface area contributed by atoms with Crippen molar-refractivity contribution in [2.75, 3.05) is 24.0 Å². The maximum absolute atomic E-state index is 13.9. The maximum Gasteiger partial charge on any atom is 0.264 e. The third kappa shape index (κ3) is 8.22. The van der Waals surface area contributed by atoms with Crippen LogP contribution in [-0.2, 0) is 26.2 Å². The number of anilines is 1. The van der Waals surface area contributed by atoms with Gasteiger partial charge in [0.25, 0.3) is 10.0 Å². The Morgan fingerprint density at radius 2 is 1.60 bits per heavy atom. The van der Waals surface area contributed by atoms with Crippen LogP contribution in [0.4, 0.5) is 5.69 Å². The second-order valence-electron chi connectivity index (χ2n) is 9.01. The van der Waals surface area contributed by atoms with Crippen LogP contribution in [0.1, 0.15) is 32.8 Å². The summed E-state index contributed by atoms with van der Waals surface area (Å²) < 4.78 is 35.1. The minimum Gasteiger partial charge on any atom is -0.494 e. The molecule has 0 saturated carbocycles. The van der Waals surface area contributed by atoms with E-state index in [0.29, 0.717) is 23.9 Å². The molecule has 0 aliphatic rings. The normalized spacial score (nSPS) is 11.9. The van der Waals surface area contributed by atoms with E-state index in [9.17, 15) is 18.0 Å². The van der Waals surface area contributed by atoms with Gasteiger partial charge < -0.3 is 15.0 Å². The van der Waals surface area contributed by atoms with E-state index in [1.807, 2.05) is 38.1 Å². The summed E-state index contributed by atoms with van der Waals surface area (Å²) >= 11 is 9.40. The summed E-state index contributed by atoms with van der Waals surface area (Å²) in [5.74, 6) is -0.284. The highest BCUT2D eigenvalue weighted by Gasteiger charge is 2.32. The minimum atomic E-state index is -4.18. The number of carbonyl (C=O) groups is 2. The monoisotopic (exact) mass is 649 g/mol. The summed E-state index contributed by atoms with van der Waals surface area (Å²) in [4.78, 5) is 28.2. The fourth-order valence-electron chi connectivity index (χ4n) is 3.90. The van der Waals surface area contributed by atoms with E-state index in [4.69, 9.17) is 16.3 Å². The molecule has 0 heterocycles. The Morgan fingerprint density at radius 3 is 2.17 bits per heavy atom. The van der Waals surface area contributed by atoms with Crippen LogP contribution in [0.25, 0.3) is 0 Å². The van der Waals surface area contributed by atoms with Gasteiger partial charge in [0.1, 0.15) is 18.3 Å². The molecule has 0 bridgehead atoms. The highest BCUT2D eigenvalue weighted by Crippen LogP contribution is 2.27. The minimum absolute atomic E-state index is 0.0215. The summed E-state index contributed by atoms with van der Waals surface area (Å²) in [7, 11) is -4.18. The topological polar surface area (TPSA) is 96.0 Å². The second kappa shape index (κ2) is 14.5. The molecule has 1 unspecified atom stereocenters. The highest BCUT2D eigenvalue weighted by molar-refractivity contribution is 9.10. The first kappa shape index (κ1) is 31.4. The van der Waals surface area contributed by atoms with E-state index in [1.54, 1.807) is 31.2 Å². The molecule has 0 spiro atoms. The molecule has 1 N–H and O–H groups in total. The van der Waals surface area contributed by atoms with Crippen LogP contribution in [0.3, 0.4) is 0 Å². The van der Waals surface area contributed by atoms with Crippen molar-refractivity contribution in [3.63, 3.8) is 0 Å². The van der Waals surface area contributed by atoms with Crippen molar-refractivity contribution in [3.05, 3.63) is 87.9 Å². The summed E-state index contributed by atoms with van der Waals surface area (Å²) in [6.07, 6.45) is 0.740. The lowest BCUT2D eigenvalue weighted by Crippen LogP contribution is -2.51. The number of ether oxygens (including phenoxy) is 1. The van der Waals surface area contributed by atoms with Gasteiger partial charge in [-0.15, -0.1) is 0 Å². The van der Waals surface area contributed by atoms with Gasteiger partial charge in [0.05, 0.1) is 17.2 Å². The Balaban J connectivity index is 2.01. The van der Waals surface area contributed by atoms with Crippen LogP contribution < -0.4 is 14.4 Å². The molecule has 11 heteroatoms. The average Bonchev–Trinajstić information content (AvgIpc) is 2.94. The van der Waals surface area contributed by atoms with Gasteiger partial charge in [0, 0.05) is 22.6 Å². The van der Waals surface area contributed by atoms with Gasteiger partial charge in [-0.2, -0.15) is 0 Å². The Bertz CT molecular complexity index is 1380. The number of nitrogens with zero attached hydrogens (tertiary/aromatic N) is 2. The van der Waals surface area contributed by atoms with E-state index in [2.05, 4.69) is 21.2 Å². The quantitative estimate of drug-likeness (QED) is 0.258. The van der Waals surface area contributed by atoms with Crippen molar-refractivity contribution in [1.82, 2.24) is 10.2 Å². The fraction of sp³-hybridized carbons (Fsp3) is 0.310. The number of hydrogen-bond acceptors (Lipinski definition) is 5. The van der Waals surface area contributed by atoms with Gasteiger partial charge in [0.15, 0.2) is 0 Å². The van der Waals surface area contributed by atoms with Crippen molar-refractivity contribution >= 4 is 55.1 Å². The smallest absolute Gasteiger partial charge is 0.264 e. The van der Waals surface area contributed by atoms with Crippen molar-refractivity contribution < 1.29 is 22.7 Å². The summed E-state index contributed by atoms with van der Waals surface area (Å²) in [6.45, 7) is 5.93. The third-order valence-corrected chi connectivity index (χ3v) is 8.67. The molecule has 2 amide bonds. The molecule has 0 aromatic heterocycles. The molecule has 0 saturated heterocycles. The maximum atomic E-state index is 13.9. The number of rotatable bonds is 13. The van der Waals surface area contributed by atoms with Crippen LogP contribution in [0, 0.1) is 0 Å². The number of nitrogens with one attached hydrogen (secondary N) is 1. The number of sulfonamides is 1. The predicted octanol–water partition coefficient (Wildman–Crippen LogP) is 5.64. The lowest BCUT2D eigenvalue weighted by molar-refractivity contribution is -0.139. The number of benzene rings is 3. The first-order chi connectivity index (χ1) is 19.1. The zero-order chi connectivity index (χ0) is 29.3. The second-order valence-corrected chi connectivity index (χ2v) is 12.2. The SMILES string of the molecule is CCCNC(=O)C(C)N(Cc1ccc(Br)cc1)C(=O)CN(c1ccc(OCC)cc1)S(=O)(=O)c1ccc(Cl)cc1. The van der Waals surface area contributed by atoms with Gasteiger partial charge in [-0.25, -0.2) is 8.42 Å². The summed E-state index contributed by atoms with van der Waals surface area (Å²) in [6, 6.07) is 18.7. The standard InChI is InChI=1S/C29H33BrClN3O5S/c1-4-18-32-29(36)21(3)33(19-22-6-8-23(30)9-7-22)28(35)20-34(25-12-14-26(15-13-25)39-5-2)40(37,38)27-16-10-24(31)11-17-27/h6-17,21H,4-5,18-20H2,1-3H3,(H,32,36). The molecule has 8 nitrogen and oxygen atoms in total. The molecule has 40 heavy (non-hydrogen) atoms. The van der Waals surface area contributed by atoms with Crippen LogP contribution >= 0.6 is 27.5 Å². The molecule has 3 aromatic carbocycles. The van der Waals surface area contributed by atoms with Crippen LogP contribution in [0.15, 0.2) is 82.2 Å². The van der Waals surface area contributed by atoms with E-state index >= 15 is 0 Å². The Kier molecular flexibility index (Phi) is 11.4. The van der Waals surface area contributed by atoms with Gasteiger partial charge in [-0.3, -0.25) is 13.9 Å². The number of hydrogen-bond donors (Lipinski definition) is 1. The molecule has 3 aromatic rings. The molecule has 1 atom stereocenters. The molecular formula is C29H33BrClN3O5S. The first-order valence-corrected chi connectivity index (χ1v) is 15.5. The molecular weight excluding hydrogens is 618 g/mol. The summed E-state index contributed by atoms with van der Waals surface area (Å²) in [5, 5.41) is 3.21. The van der Waals surface area contributed by atoms with Gasteiger partial charge >= 0.3 is 0 Å². The fourth-order valence-corrected chi connectivity index (χ4v) is 5.71. The van der Waals surface area contributed by atoms with Crippen LogP contribution in [0.2, 0.25) is 5.02 Å². The first-order valence-electron chi connectivity index (χ1n) is 12.9.